The SMILES string of the molecule is COc1cc2c(cc(C(=O)N3CCN(C(=O)c4cc5c(OC)c(OC)c(OC)cc5n4C)CC3)n2C)c(OC)c1OC. The van der Waals surface area contributed by atoms with Gasteiger partial charge in [0, 0.05) is 63.2 Å². The van der Waals surface area contributed by atoms with Crippen molar-refractivity contribution in [2.24, 2.45) is 14.1 Å². The number of fused-ring (bicyclic) bond motifs is 2. The van der Waals surface area contributed by atoms with Crippen molar-refractivity contribution >= 4 is 33.6 Å². The number of ether oxygens (including phenoxy) is 6. The summed E-state index contributed by atoms with van der Waals surface area (Å²) in [6.45, 7) is 1.57. The number of piperazine rings is 1. The molecule has 42 heavy (non-hydrogen) atoms. The molecule has 0 bridgehead atoms. The minimum absolute atomic E-state index is 0.130. The van der Waals surface area contributed by atoms with Crippen LogP contribution in [-0.2, 0) is 14.1 Å². The van der Waals surface area contributed by atoms with Crippen molar-refractivity contribution in [3.05, 3.63) is 35.7 Å². The summed E-state index contributed by atoms with van der Waals surface area (Å²) in [4.78, 5) is 30.9. The molecule has 1 fully saturated rings. The lowest BCUT2D eigenvalue weighted by atomic mass is 10.2. The number of carbonyl (C=O) groups excluding carboxylic acids is 2. The maximum absolute atomic E-state index is 13.7. The quantitative estimate of drug-likeness (QED) is 0.313. The van der Waals surface area contributed by atoms with Gasteiger partial charge in [0.1, 0.15) is 11.4 Å². The van der Waals surface area contributed by atoms with Crippen LogP contribution >= 0.6 is 0 Å². The highest BCUT2D eigenvalue weighted by molar-refractivity contribution is 6.03. The molecule has 1 aliphatic heterocycles. The molecule has 2 amide bonds. The van der Waals surface area contributed by atoms with Gasteiger partial charge in [0.05, 0.1) is 53.7 Å². The zero-order chi connectivity index (χ0) is 30.3. The zero-order valence-electron chi connectivity index (χ0n) is 25.2. The second-order valence-corrected chi connectivity index (χ2v) is 9.92. The van der Waals surface area contributed by atoms with Gasteiger partial charge >= 0.3 is 0 Å². The highest BCUT2D eigenvalue weighted by atomic mass is 16.5. The van der Waals surface area contributed by atoms with Crippen LogP contribution < -0.4 is 28.4 Å². The number of rotatable bonds is 8. The molecule has 0 radical (unpaired) electrons. The van der Waals surface area contributed by atoms with Gasteiger partial charge < -0.3 is 47.4 Å². The third-order valence-electron chi connectivity index (χ3n) is 7.99. The smallest absolute Gasteiger partial charge is 0.270 e. The third-order valence-corrected chi connectivity index (χ3v) is 7.99. The van der Waals surface area contributed by atoms with Gasteiger partial charge in [0.15, 0.2) is 23.0 Å². The van der Waals surface area contributed by atoms with Gasteiger partial charge in [-0.05, 0) is 12.1 Å². The normalized spacial score (nSPS) is 13.4. The fraction of sp³-hybridized carbons (Fsp3) is 0.400. The van der Waals surface area contributed by atoms with E-state index in [1.165, 1.54) is 0 Å². The van der Waals surface area contributed by atoms with Crippen molar-refractivity contribution in [1.29, 1.82) is 0 Å². The van der Waals surface area contributed by atoms with Crippen LogP contribution in [-0.4, -0.2) is 99.6 Å². The van der Waals surface area contributed by atoms with Crippen LogP contribution in [0.2, 0.25) is 0 Å². The first-order valence-corrected chi connectivity index (χ1v) is 13.4. The molecule has 0 unspecified atom stereocenters. The minimum Gasteiger partial charge on any atom is -0.493 e. The molecule has 2 aromatic heterocycles. The molecule has 0 N–H and O–H groups in total. The van der Waals surface area contributed by atoms with E-state index in [2.05, 4.69) is 0 Å². The van der Waals surface area contributed by atoms with E-state index in [1.54, 1.807) is 64.6 Å². The Morgan fingerprint density at radius 1 is 0.524 bits per heavy atom. The average molecular weight is 581 g/mol. The summed E-state index contributed by atoms with van der Waals surface area (Å²) in [6.07, 6.45) is 0. The van der Waals surface area contributed by atoms with Gasteiger partial charge in [0.2, 0.25) is 11.5 Å². The van der Waals surface area contributed by atoms with Gasteiger partial charge in [-0.3, -0.25) is 9.59 Å². The molecule has 1 aliphatic rings. The Kier molecular flexibility index (Phi) is 7.72. The van der Waals surface area contributed by atoms with E-state index >= 15 is 0 Å². The Bertz CT molecular complexity index is 1560. The summed E-state index contributed by atoms with van der Waals surface area (Å²) in [7, 11) is 13.0. The zero-order valence-corrected chi connectivity index (χ0v) is 25.2. The fourth-order valence-electron chi connectivity index (χ4n) is 5.74. The maximum atomic E-state index is 13.7. The molecule has 224 valence electrons. The van der Waals surface area contributed by atoms with Crippen LogP contribution in [0.3, 0.4) is 0 Å². The van der Waals surface area contributed by atoms with Gasteiger partial charge in [-0.1, -0.05) is 0 Å². The lowest BCUT2D eigenvalue weighted by Crippen LogP contribution is -2.51. The van der Waals surface area contributed by atoms with Crippen LogP contribution in [0, 0.1) is 0 Å². The van der Waals surface area contributed by atoms with Crippen molar-refractivity contribution in [2.75, 3.05) is 68.8 Å². The summed E-state index contributed by atoms with van der Waals surface area (Å²) in [6, 6.07) is 7.27. The van der Waals surface area contributed by atoms with E-state index in [-0.39, 0.29) is 11.8 Å². The summed E-state index contributed by atoms with van der Waals surface area (Å²) >= 11 is 0. The molecular formula is C30H36N4O8. The number of hydrogen-bond donors (Lipinski definition) is 0. The topological polar surface area (TPSA) is 106 Å². The molecule has 0 atom stereocenters. The lowest BCUT2D eigenvalue weighted by molar-refractivity contribution is 0.0525. The predicted octanol–water partition coefficient (Wildman–Crippen LogP) is 3.32. The van der Waals surface area contributed by atoms with Crippen LogP contribution in [0.25, 0.3) is 21.8 Å². The first-order chi connectivity index (χ1) is 20.2. The van der Waals surface area contributed by atoms with E-state index in [1.807, 2.05) is 35.4 Å². The van der Waals surface area contributed by atoms with Crippen molar-refractivity contribution in [3.8, 4) is 34.5 Å². The van der Waals surface area contributed by atoms with Crippen LogP contribution in [0.15, 0.2) is 24.3 Å². The number of carbonyl (C=O) groups is 2. The molecule has 12 nitrogen and oxygen atoms in total. The van der Waals surface area contributed by atoms with Gasteiger partial charge in [-0.15, -0.1) is 0 Å². The predicted molar refractivity (Wildman–Crippen MR) is 157 cm³/mol. The highest BCUT2D eigenvalue weighted by Gasteiger charge is 2.30. The summed E-state index contributed by atoms with van der Waals surface area (Å²) in [5.74, 6) is 2.69. The van der Waals surface area contributed by atoms with Gasteiger partial charge in [-0.25, -0.2) is 0 Å². The first kappa shape index (κ1) is 28.8. The molecule has 1 saturated heterocycles. The highest BCUT2D eigenvalue weighted by Crippen LogP contribution is 2.45. The Hall–Kier alpha value is -4.74. The number of aryl methyl sites for hydroxylation is 2. The van der Waals surface area contributed by atoms with Crippen LogP contribution in [0.1, 0.15) is 21.0 Å². The number of benzene rings is 2. The molecule has 4 aromatic rings. The molecule has 0 aliphatic carbocycles. The fourth-order valence-corrected chi connectivity index (χ4v) is 5.74. The number of hydrogen-bond acceptors (Lipinski definition) is 8. The molecule has 0 spiro atoms. The monoisotopic (exact) mass is 580 g/mol. The van der Waals surface area contributed by atoms with E-state index in [4.69, 9.17) is 28.4 Å². The van der Waals surface area contributed by atoms with Gasteiger partial charge in [-0.2, -0.15) is 0 Å². The van der Waals surface area contributed by atoms with E-state index in [9.17, 15) is 9.59 Å². The van der Waals surface area contributed by atoms with Crippen LogP contribution in [0.5, 0.6) is 34.5 Å². The van der Waals surface area contributed by atoms with Crippen LogP contribution in [0.4, 0.5) is 0 Å². The number of aromatic nitrogens is 2. The second-order valence-electron chi connectivity index (χ2n) is 9.92. The molecule has 0 saturated carbocycles. The molecule has 2 aromatic carbocycles. The number of nitrogens with zero attached hydrogens (tertiary/aromatic N) is 4. The van der Waals surface area contributed by atoms with Crippen molar-refractivity contribution in [3.63, 3.8) is 0 Å². The van der Waals surface area contributed by atoms with E-state index in [0.717, 1.165) is 21.8 Å². The Morgan fingerprint density at radius 3 is 1.14 bits per heavy atom. The number of methoxy groups -OCH3 is 6. The Morgan fingerprint density at radius 2 is 0.857 bits per heavy atom. The van der Waals surface area contributed by atoms with Gasteiger partial charge in [0.25, 0.3) is 11.8 Å². The Labute approximate surface area is 243 Å². The summed E-state index contributed by atoms with van der Waals surface area (Å²) in [5, 5.41) is 1.49. The summed E-state index contributed by atoms with van der Waals surface area (Å²) in [5.41, 5.74) is 2.56. The third kappa shape index (κ3) is 4.38. The van der Waals surface area contributed by atoms with Crippen molar-refractivity contribution < 1.29 is 38.0 Å². The maximum Gasteiger partial charge on any atom is 0.270 e. The molecule has 12 heteroatoms. The average Bonchev–Trinajstić information content (AvgIpc) is 3.53. The second kappa shape index (κ2) is 11.3. The van der Waals surface area contributed by atoms with Crippen molar-refractivity contribution in [2.45, 2.75) is 0 Å². The van der Waals surface area contributed by atoms with E-state index < -0.39 is 0 Å². The van der Waals surface area contributed by atoms with Crippen molar-refractivity contribution in [1.82, 2.24) is 18.9 Å². The Balaban J connectivity index is 1.38. The lowest BCUT2D eigenvalue weighted by Gasteiger charge is -2.34. The minimum atomic E-state index is -0.130. The molecule has 3 heterocycles. The van der Waals surface area contributed by atoms with E-state index in [0.29, 0.717) is 72.1 Å². The molecule has 5 rings (SSSR count). The first-order valence-electron chi connectivity index (χ1n) is 13.4. The number of amides is 2. The molecular weight excluding hydrogens is 544 g/mol. The largest absolute Gasteiger partial charge is 0.493 e. The summed E-state index contributed by atoms with van der Waals surface area (Å²) < 4.78 is 36.9. The standard InChI is InChI=1S/C30H36N4O8/c1-31-19-15-23(37-3)27(41-7)25(39-5)17(19)13-21(31)29(35)33-9-11-34(12-10-33)30(36)22-14-18-20(32(22)2)16-24(38-4)28(42-8)26(18)40-6/h13-16H,9-12H2,1-8H3.